The molecule has 0 aliphatic rings. The van der Waals surface area contributed by atoms with Crippen LogP contribution in [0.15, 0.2) is 30.3 Å². The zero-order chi connectivity index (χ0) is 14.0. The summed E-state index contributed by atoms with van der Waals surface area (Å²) in [7, 11) is 0. The van der Waals surface area contributed by atoms with Gasteiger partial charge in [0.1, 0.15) is 0 Å². The first kappa shape index (κ1) is 13.9. The van der Waals surface area contributed by atoms with Gasteiger partial charge in [-0.1, -0.05) is 29.3 Å². The number of nitrogens with one attached hydrogen (secondary N) is 1. The Morgan fingerprint density at radius 1 is 1.05 bits per heavy atom. The average molecular weight is 304 g/mol. The summed E-state index contributed by atoms with van der Waals surface area (Å²) in [6, 6.07) is 7.06. The summed E-state index contributed by atoms with van der Waals surface area (Å²) < 4.78 is 26.3. The van der Waals surface area contributed by atoms with Crippen LogP contribution in [0, 0.1) is 11.6 Å². The molecule has 100 valence electrons. The molecule has 0 unspecified atom stereocenters. The van der Waals surface area contributed by atoms with Crippen LogP contribution in [0.1, 0.15) is 5.56 Å². The highest BCUT2D eigenvalue weighted by Gasteiger charge is 2.10. The third-order valence-corrected chi connectivity index (χ3v) is 3.14. The Hall–Kier alpha value is -1.52. The van der Waals surface area contributed by atoms with Gasteiger partial charge in [0.25, 0.3) is 0 Å². The molecule has 19 heavy (non-hydrogen) atoms. The molecule has 0 saturated heterocycles. The van der Waals surface area contributed by atoms with Gasteiger partial charge in [0.05, 0.1) is 15.7 Å². The summed E-state index contributed by atoms with van der Waals surface area (Å²) in [6.07, 6.45) is 0. The Morgan fingerprint density at radius 3 is 2.11 bits per heavy atom. The lowest BCUT2D eigenvalue weighted by Crippen LogP contribution is -2.02. The number of benzene rings is 2. The van der Waals surface area contributed by atoms with E-state index < -0.39 is 17.4 Å². The van der Waals surface area contributed by atoms with Crippen LogP contribution in [0.25, 0.3) is 0 Å². The van der Waals surface area contributed by atoms with Gasteiger partial charge >= 0.3 is 0 Å². The molecule has 0 heterocycles. The highest BCUT2D eigenvalue weighted by Crippen LogP contribution is 2.30. The number of rotatable bonds is 3. The molecule has 2 aromatic rings. The van der Waals surface area contributed by atoms with Gasteiger partial charge in [-0.2, -0.15) is 0 Å². The summed E-state index contributed by atoms with van der Waals surface area (Å²) in [5.74, 6) is -3.01. The van der Waals surface area contributed by atoms with Gasteiger partial charge in [0.2, 0.25) is 0 Å². The third kappa shape index (κ3) is 3.08. The smallest absolute Gasteiger partial charge is 0.187 e. The van der Waals surface area contributed by atoms with Crippen molar-refractivity contribution in [1.82, 2.24) is 0 Å². The predicted octanol–water partition coefficient (Wildman–Crippen LogP) is 4.59. The molecule has 0 aliphatic carbocycles. The van der Waals surface area contributed by atoms with Crippen molar-refractivity contribution in [2.75, 3.05) is 5.32 Å². The van der Waals surface area contributed by atoms with Crippen molar-refractivity contribution in [3.05, 3.63) is 57.6 Å². The molecule has 0 fully saturated rings. The quantitative estimate of drug-likeness (QED) is 0.869. The first-order valence-corrected chi connectivity index (χ1v) is 6.09. The predicted molar refractivity (Wildman–Crippen MR) is 71.8 cm³/mol. The highest BCUT2D eigenvalue weighted by molar-refractivity contribution is 6.39. The Morgan fingerprint density at radius 2 is 1.58 bits per heavy atom. The Kier molecular flexibility index (Phi) is 4.12. The van der Waals surface area contributed by atoms with E-state index in [1.165, 1.54) is 0 Å². The topological polar surface area (TPSA) is 32.3 Å². The number of aromatic hydroxyl groups is 1. The fourth-order valence-corrected chi connectivity index (χ4v) is 2.11. The van der Waals surface area contributed by atoms with Crippen LogP contribution < -0.4 is 5.32 Å². The number of phenolic OH excluding ortho intramolecular Hbond substituents is 1. The van der Waals surface area contributed by atoms with E-state index in [0.29, 0.717) is 21.3 Å². The van der Waals surface area contributed by atoms with Crippen molar-refractivity contribution in [3.8, 4) is 5.75 Å². The van der Waals surface area contributed by atoms with Gasteiger partial charge in [-0.25, -0.2) is 8.78 Å². The molecule has 0 atom stereocenters. The van der Waals surface area contributed by atoms with Gasteiger partial charge in [-0.3, -0.25) is 0 Å². The van der Waals surface area contributed by atoms with Crippen LogP contribution in [0.2, 0.25) is 10.0 Å². The number of para-hydroxylation sites is 1. The number of anilines is 1. The first-order valence-electron chi connectivity index (χ1n) is 5.34. The number of phenols is 1. The maximum Gasteiger partial charge on any atom is 0.187 e. The van der Waals surface area contributed by atoms with E-state index >= 15 is 0 Å². The maximum absolute atomic E-state index is 13.2. The van der Waals surface area contributed by atoms with Crippen molar-refractivity contribution in [1.29, 1.82) is 0 Å². The van der Waals surface area contributed by atoms with Crippen LogP contribution in [0.4, 0.5) is 14.5 Å². The van der Waals surface area contributed by atoms with Gasteiger partial charge in [-0.15, -0.1) is 0 Å². The van der Waals surface area contributed by atoms with Crippen molar-refractivity contribution < 1.29 is 13.9 Å². The monoisotopic (exact) mass is 303 g/mol. The number of halogens is 4. The van der Waals surface area contributed by atoms with E-state index in [0.717, 1.165) is 12.1 Å². The highest BCUT2D eigenvalue weighted by atomic mass is 35.5. The molecule has 2 aromatic carbocycles. The van der Waals surface area contributed by atoms with E-state index in [2.05, 4.69) is 5.32 Å². The molecule has 0 aromatic heterocycles. The minimum absolute atomic E-state index is 0.123. The molecule has 0 amide bonds. The standard InChI is InChI=1S/C13H9Cl2F2NO/c14-8-2-1-3-9(15)12(8)18-6-7-4-10(16)13(19)11(17)5-7/h1-5,18-19H,6H2. The lowest BCUT2D eigenvalue weighted by Gasteiger charge is -2.11. The van der Waals surface area contributed by atoms with Gasteiger partial charge in [-0.05, 0) is 29.8 Å². The first-order chi connectivity index (χ1) is 8.99. The average Bonchev–Trinajstić information content (AvgIpc) is 2.35. The second kappa shape index (κ2) is 5.63. The van der Waals surface area contributed by atoms with Crippen LogP contribution in [0.3, 0.4) is 0 Å². The second-order valence-electron chi connectivity index (χ2n) is 3.86. The lowest BCUT2D eigenvalue weighted by molar-refractivity contribution is 0.395. The minimum atomic E-state index is -1.01. The largest absolute Gasteiger partial charge is 0.503 e. The van der Waals surface area contributed by atoms with Crippen molar-refractivity contribution in [2.24, 2.45) is 0 Å². The zero-order valence-corrected chi connectivity index (χ0v) is 11.1. The molecule has 0 saturated carbocycles. The van der Waals surface area contributed by atoms with Crippen molar-refractivity contribution >= 4 is 28.9 Å². The molecule has 2 rings (SSSR count). The van der Waals surface area contributed by atoms with Gasteiger partial charge in [0, 0.05) is 6.54 Å². The van der Waals surface area contributed by atoms with Gasteiger partial charge in [0.15, 0.2) is 17.4 Å². The maximum atomic E-state index is 13.2. The Bertz CT molecular complexity index is 576. The Labute approximate surface area is 118 Å². The Balaban J connectivity index is 2.19. The van der Waals surface area contributed by atoms with Gasteiger partial charge < -0.3 is 10.4 Å². The summed E-state index contributed by atoms with van der Waals surface area (Å²) in [5, 5.41) is 12.7. The summed E-state index contributed by atoms with van der Waals surface area (Å²) in [6.45, 7) is 0.123. The molecular weight excluding hydrogens is 295 g/mol. The summed E-state index contributed by atoms with van der Waals surface area (Å²) in [4.78, 5) is 0. The molecule has 2 nitrogen and oxygen atoms in total. The van der Waals surface area contributed by atoms with Crippen LogP contribution >= 0.6 is 23.2 Å². The third-order valence-electron chi connectivity index (χ3n) is 2.51. The van der Waals surface area contributed by atoms with E-state index in [-0.39, 0.29) is 6.54 Å². The molecule has 0 bridgehead atoms. The fraction of sp³-hybridized carbons (Fsp3) is 0.0769. The molecule has 2 N–H and O–H groups in total. The minimum Gasteiger partial charge on any atom is -0.503 e. The van der Waals surface area contributed by atoms with E-state index in [1.54, 1.807) is 18.2 Å². The van der Waals surface area contributed by atoms with Crippen molar-refractivity contribution in [3.63, 3.8) is 0 Å². The van der Waals surface area contributed by atoms with Crippen molar-refractivity contribution in [2.45, 2.75) is 6.54 Å². The molecular formula is C13H9Cl2F2NO. The summed E-state index contributed by atoms with van der Waals surface area (Å²) >= 11 is 11.9. The van der Waals surface area contributed by atoms with Crippen LogP contribution in [-0.2, 0) is 6.54 Å². The molecule has 0 aliphatic heterocycles. The van der Waals surface area contributed by atoms with Crippen LogP contribution in [-0.4, -0.2) is 5.11 Å². The van der Waals surface area contributed by atoms with E-state index in [9.17, 15) is 8.78 Å². The lowest BCUT2D eigenvalue weighted by atomic mass is 10.2. The molecule has 6 heteroatoms. The van der Waals surface area contributed by atoms with Crippen LogP contribution in [0.5, 0.6) is 5.75 Å². The molecule has 0 spiro atoms. The zero-order valence-electron chi connectivity index (χ0n) is 9.55. The van der Waals surface area contributed by atoms with E-state index in [1.807, 2.05) is 0 Å². The second-order valence-corrected chi connectivity index (χ2v) is 4.67. The normalized spacial score (nSPS) is 10.5. The SMILES string of the molecule is Oc1c(F)cc(CNc2c(Cl)cccc2Cl)cc1F. The summed E-state index contributed by atoms with van der Waals surface area (Å²) in [5.41, 5.74) is 0.809. The number of hydrogen-bond acceptors (Lipinski definition) is 2. The number of hydrogen-bond donors (Lipinski definition) is 2. The van der Waals surface area contributed by atoms with E-state index in [4.69, 9.17) is 28.3 Å². The fourth-order valence-electron chi connectivity index (χ4n) is 1.58. The molecule has 0 radical (unpaired) electrons.